The van der Waals surface area contributed by atoms with Crippen molar-refractivity contribution in [2.24, 2.45) is 0 Å². The molecule has 0 amide bonds. The summed E-state index contributed by atoms with van der Waals surface area (Å²) in [5.41, 5.74) is 2.01. The minimum Gasteiger partial charge on any atom is -0.328 e. The van der Waals surface area contributed by atoms with Crippen LogP contribution in [0.15, 0.2) is 83.8 Å². The molecule has 1 N–H and O–H groups in total. The van der Waals surface area contributed by atoms with Gasteiger partial charge in [0.15, 0.2) is 5.78 Å². The molecule has 0 unspecified atom stereocenters. The third kappa shape index (κ3) is 3.46. The quantitative estimate of drug-likeness (QED) is 0.729. The summed E-state index contributed by atoms with van der Waals surface area (Å²) in [6, 6.07) is 23.1. The van der Waals surface area contributed by atoms with E-state index in [2.05, 4.69) is 4.98 Å². The molecule has 0 aliphatic rings. The number of carbonyl (C=O) groups excluding carboxylic acids is 1. The van der Waals surface area contributed by atoms with Gasteiger partial charge in [0.05, 0.1) is 5.56 Å². The third-order valence-electron chi connectivity index (χ3n) is 3.91. The molecule has 3 aromatic rings. The summed E-state index contributed by atoms with van der Waals surface area (Å²) in [5.74, 6) is -0.214. The maximum absolute atomic E-state index is 12.6. The number of hydrogen-bond donors (Lipinski definition) is 1. The fourth-order valence-electron chi connectivity index (χ4n) is 2.74. The standard InChI is InChI=1S/C20H17NO2/c22-19(17-12-7-13-21-20(17)23)14-18(15-8-3-1-4-9-15)16-10-5-2-6-11-16/h1-13,18H,14H2,(H,21,23). The minimum atomic E-state index is -0.336. The molecule has 3 rings (SSSR count). The van der Waals surface area contributed by atoms with Gasteiger partial charge in [-0.15, -0.1) is 0 Å². The van der Waals surface area contributed by atoms with Crippen molar-refractivity contribution >= 4 is 5.78 Å². The van der Waals surface area contributed by atoms with Gasteiger partial charge in [-0.3, -0.25) is 9.59 Å². The van der Waals surface area contributed by atoms with Crippen molar-refractivity contribution < 1.29 is 4.79 Å². The highest BCUT2D eigenvalue weighted by Gasteiger charge is 2.20. The van der Waals surface area contributed by atoms with E-state index in [9.17, 15) is 9.59 Å². The first kappa shape index (κ1) is 15.0. The van der Waals surface area contributed by atoms with Crippen molar-refractivity contribution in [3.05, 3.63) is 106 Å². The van der Waals surface area contributed by atoms with Crippen molar-refractivity contribution in [3.63, 3.8) is 0 Å². The predicted octanol–water partition coefficient (Wildman–Crippen LogP) is 3.78. The van der Waals surface area contributed by atoms with Crippen molar-refractivity contribution in [1.29, 1.82) is 0 Å². The van der Waals surface area contributed by atoms with Gasteiger partial charge in [0.1, 0.15) is 0 Å². The highest BCUT2D eigenvalue weighted by Crippen LogP contribution is 2.28. The summed E-state index contributed by atoms with van der Waals surface area (Å²) in [4.78, 5) is 27.0. The number of Topliss-reactive ketones (excluding diaryl/α,β-unsaturated/α-hetero) is 1. The van der Waals surface area contributed by atoms with Gasteiger partial charge in [-0.2, -0.15) is 0 Å². The number of ketones is 1. The van der Waals surface area contributed by atoms with Crippen LogP contribution in [0.3, 0.4) is 0 Å². The predicted molar refractivity (Wildman–Crippen MR) is 90.7 cm³/mol. The maximum Gasteiger partial charge on any atom is 0.258 e. The van der Waals surface area contributed by atoms with E-state index in [1.807, 2.05) is 60.7 Å². The summed E-state index contributed by atoms with van der Waals surface area (Å²) < 4.78 is 0. The number of nitrogens with one attached hydrogen (secondary N) is 1. The fourth-order valence-corrected chi connectivity index (χ4v) is 2.74. The van der Waals surface area contributed by atoms with E-state index in [0.717, 1.165) is 11.1 Å². The number of rotatable bonds is 5. The third-order valence-corrected chi connectivity index (χ3v) is 3.91. The molecule has 0 aliphatic carbocycles. The van der Waals surface area contributed by atoms with Gasteiger partial charge >= 0.3 is 0 Å². The van der Waals surface area contributed by atoms with Crippen LogP contribution in [0.5, 0.6) is 0 Å². The zero-order chi connectivity index (χ0) is 16.1. The lowest BCUT2D eigenvalue weighted by molar-refractivity contribution is 0.0976. The molecule has 3 heteroatoms. The Labute approximate surface area is 134 Å². The summed E-state index contributed by atoms with van der Waals surface area (Å²) in [6.07, 6.45) is 1.80. The first-order valence-corrected chi connectivity index (χ1v) is 7.56. The molecule has 1 aromatic heterocycles. The Morgan fingerprint density at radius 2 is 1.39 bits per heavy atom. The molecule has 0 aliphatic heterocycles. The second kappa shape index (κ2) is 6.88. The molecule has 0 radical (unpaired) electrons. The van der Waals surface area contributed by atoms with E-state index in [1.165, 1.54) is 6.20 Å². The monoisotopic (exact) mass is 303 g/mol. The van der Waals surface area contributed by atoms with Crippen LogP contribution in [-0.2, 0) is 0 Å². The fraction of sp³-hybridized carbons (Fsp3) is 0.100. The topological polar surface area (TPSA) is 49.9 Å². The first-order valence-electron chi connectivity index (χ1n) is 7.56. The molecule has 0 bridgehead atoms. The maximum atomic E-state index is 12.6. The molecule has 3 nitrogen and oxygen atoms in total. The van der Waals surface area contributed by atoms with Crippen molar-refractivity contribution in [2.75, 3.05) is 0 Å². The first-order chi connectivity index (χ1) is 11.3. The van der Waals surface area contributed by atoms with Crippen LogP contribution in [0.1, 0.15) is 33.8 Å². The molecule has 2 aromatic carbocycles. The van der Waals surface area contributed by atoms with Crippen molar-refractivity contribution in [2.45, 2.75) is 12.3 Å². The smallest absolute Gasteiger partial charge is 0.258 e. The van der Waals surface area contributed by atoms with E-state index in [0.29, 0.717) is 0 Å². The number of benzene rings is 2. The molecule has 0 saturated carbocycles. The average molecular weight is 303 g/mol. The van der Waals surface area contributed by atoms with E-state index in [4.69, 9.17) is 0 Å². The van der Waals surface area contributed by atoms with Crippen molar-refractivity contribution in [1.82, 2.24) is 4.98 Å². The van der Waals surface area contributed by atoms with E-state index < -0.39 is 0 Å². The summed E-state index contributed by atoms with van der Waals surface area (Å²) in [6.45, 7) is 0. The number of hydrogen-bond acceptors (Lipinski definition) is 2. The van der Waals surface area contributed by atoms with Crippen LogP contribution >= 0.6 is 0 Å². The molecule has 0 atom stereocenters. The summed E-state index contributed by atoms with van der Waals surface area (Å²) in [7, 11) is 0. The Hall–Kier alpha value is -2.94. The van der Waals surface area contributed by atoms with Gasteiger partial charge in [-0.05, 0) is 23.3 Å². The molecule has 114 valence electrons. The van der Waals surface area contributed by atoms with Crippen molar-refractivity contribution in [3.8, 4) is 0 Å². The molecule has 0 fully saturated rings. The zero-order valence-corrected chi connectivity index (χ0v) is 12.6. The van der Waals surface area contributed by atoms with Gasteiger partial charge < -0.3 is 4.98 Å². The van der Waals surface area contributed by atoms with Gasteiger partial charge in [0, 0.05) is 18.5 Å². The number of carbonyl (C=O) groups is 1. The second-order valence-corrected chi connectivity index (χ2v) is 5.41. The molecule has 1 heterocycles. The number of H-pyrrole nitrogens is 1. The average Bonchev–Trinajstić information content (AvgIpc) is 2.61. The Morgan fingerprint density at radius 1 is 0.826 bits per heavy atom. The van der Waals surface area contributed by atoms with Gasteiger partial charge in [0.2, 0.25) is 0 Å². The highest BCUT2D eigenvalue weighted by molar-refractivity contribution is 5.96. The minimum absolute atomic E-state index is 0.0653. The molecular weight excluding hydrogens is 286 g/mol. The zero-order valence-electron chi connectivity index (χ0n) is 12.6. The molecule has 0 saturated heterocycles. The lowest BCUT2D eigenvalue weighted by Gasteiger charge is -2.17. The van der Waals surface area contributed by atoms with Crippen LogP contribution in [0.2, 0.25) is 0 Å². The van der Waals surface area contributed by atoms with Crippen LogP contribution in [0.25, 0.3) is 0 Å². The van der Waals surface area contributed by atoms with Gasteiger partial charge in [-0.25, -0.2) is 0 Å². The largest absolute Gasteiger partial charge is 0.328 e. The number of aromatic amines is 1. The molecular formula is C20H17NO2. The Balaban J connectivity index is 1.96. The van der Waals surface area contributed by atoms with Crippen LogP contribution in [0, 0.1) is 0 Å². The van der Waals surface area contributed by atoms with E-state index in [1.54, 1.807) is 12.1 Å². The van der Waals surface area contributed by atoms with Crippen LogP contribution in [0.4, 0.5) is 0 Å². The van der Waals surface area contributed by atoms with Gasteiger partial charge in [-0.1, -0.05) is 60.7 Å². The van der Waals surface area contributed by atoms with E-state index in [-0.39, 0.29) is 29.2 Å². The number of pyridine rings is 1. The second-order valence-electron chi connectivity index (χ2n) is 5.41. The summed E-state index contributed by atoms with van der Waals surface area (Å²) >= 11 is 0. The molecule has 0 spiro atoms. The lowest BCUT2D eigenvalue weighted by Crippen LogP contribution is -2.19. The normalized spacial score (nSPS) is 10.7. The van der Waals surface area contributed by atoms with E-state index >= 15 is 0 Å². The van der Waals surface area contributed by atoms with Gasteiger partial charge in [0.25, 0.3) is 5.56 Å². The lowest BCUT2D eigenvalue weighted by atomic mass is 9.86. The Kier molecular flexibility index (Phi) is 4.48. The SMILES string of the molecule is O=C(CC(c1ccccc1)c1ccccc1)c1ccc[nH]c1=O. The Bertz CT molecular complexity index is 799. The number of aromatic nitrogens is 1. The highest BCUT2D eigenvalue weighted by atomic mass is 16.1. The summed E-state index contributed by atoms with van der Waals surface area (Å²) in [5, 5.41) is 0. The van der Waals surface area contributed by atoms with Crippen LogP contribution in [-0.4, -0.2) is 10.8 Å². The van der Waals surface area contributed by atoms with Crippen LogP contribution < -0.4 is 5.56 Å². The molecule has 23 heavy (non-hydrogen) atoms. The Morgan fingerprint density at radius 3 is 1.91 bits per heavy atom.